The molecule has 4 heteroatoms. The van der Waals surface area contributed by atoms with Gasteiger partial charge < -0.3 is 4.90 Å². The van der Waals surface area contributed by atoms with Crippen LogP contribution >= 0.6 is 0 Å². The fraction of sp³-hybridized carbons (Fsp3) is 0.0286. The van der Waals surface area contributed by atoms with Gasteiger partial charge in [0.1, 0.15) is 11.6 Å². The zero-order valence-corrected chi connectivity index (χ0v) is 23.6. The van der Waals surface area contributed by atoms with E-state index in [2.05, 4.69) is 72.8 Å². The van der Waals surface area contributed by atoms with Gasteiger partial charge in [0.25, 0.3) is 0 Å². The number of pyridine rings is 2. The molecule has 0 spiro atoms. The molecule has 0 aliphatic rings. The van der Waals surface area contributed by atoms with E-state index < -0.39 is 0 Å². The Balaban J connectivity index is 0.00000308. The van der Waals surface area contributed by atoms with Crippen LogP contribution in [0.5, 0.6) is 0 Å². The van der Waals surface area contributed by atoms with Gasteiger partial charge in [0.15, 0.2) is 0 Å². The summed E-state index contributed by atoms with van der Waals surface area (Å²) in [7, 11) is 2.00. The molecule has 0 radical (unpaired) electrons. The number of rotatable bonds is 6. The van der Waals surface area contributed by atoms with Crippen LogP contribution in [0.2, 0.25) is 0 Å². The quantitative estimate of drug-likeness (QED) is 0.165. The molecule has 6 aromatic rings. The van der Waals surface area contributed by atoms with Gasteiger partial charge >= 0.3 is 21.1 Å². The first-order valence-electron chi connectivity index (χ1n) is 12.6. The smallest absolute Gasteiger partial charge is 0.315 e. The number of anilines is 2. The molecule has 0 aliphatic carbocycles. The minimum Gasteiger partial charge on any atom is -0.315 e. The second-order valence-electron chi connectivity index (χ2n) is 8.97. The Bertz CT molecular complexity index is 1560. The summed E-state index contributed by atoms with van der Waals surface area (Å²) >= 11 is 0. The second-order valence-corrected chi connectivity index (χ2v) is 8.97. The predicted octanol–water partition coefficient (Wildman–Crippen LogP) is 8.51. The molecule has 3 nitrogen and oxygen atoms in total. The van der Waals surface area contributed by atoms with E-state index in [0.29, 0.717) is 0 Å². The number of hydrogen-bond donors (Lipinski definition) is 0. The van der Waals surface area contributed by atoms with Crippen LogP contribution in [-0.2, 0) is 21.1 Å². The van der Waals surface area contributed by atoms with Gasteiger partial charge in [-0.25, -0.2) is 0 Å². The molecular formula is C35H25N3Pt. The van der Waals surface area contributed by atoms with Crippen molar-refractivity contribution in [3.05, 3.63) is 146 Å². The second kappa shape index (κ2) is 12.0. The minimum absolute atomic E-state index is 0. The largest absolute Gasteiger partial charge is 2.00 e. The summed E-state index contributed by atoms with van der Waals surface area (Å²) in [6, 6.07) is 51.8. The SMILES string of the molecule is CN(c1cccc(-c2[c-]cccc2-c2ccccc2)n1)c1cccc(-c2[c-]cccc2-c2ccccc2)n1.[Pt+2]. The number of hydrogen-bond acceptors (Lipinski definition) is 3. The van der Waals surface area contributed by atoms with Crippen molar-refractivity contribution in [2.45, 2.75) is 0 Å². The Labute approximate surface area is 244 Å². The van der Waals surface area contributed by atoms with Crippen LogP contribution in [0.4, 0.5) is 11.6 Å². The van der Waals surface area contributed by atoms with Crippen LogP contribution in [0.1, 0.15) is 0 Å². The van der Waals surface area contributed by atoms with Gasteiger partial charge in [0.05, 0.1) is 0 Å². The molecule has 0 N–H and O–H groups in total. The molecule has 2 heterocycles. The van der Waals surface area contributed by atoms with Gasteiger partial charge in [0, 0.05) is 7.05 Å². The first kappa shape index (κ1) is 26.3. The maximum absolute atomic E-state index is 5.02. The molecule has 0 saturated heterocycles. The Morgan fingerprint density at radius 3 is 1.36 bits per heavy atom. The van der Waals surface area contributed by atoms with E-state index in [1.54, 1.807) is 0 Å². The Kier molecular flexibility index (Phi) is 8.10. The van der Waals surface area contributed by atoms with Crippen molar-refractivity contribution < 1.29 is 21.1 Å². The van der Waals surface area contributed by atoms with E-state index in [-0.39, 0.29) is 21.1 Å². The van der Waals surface area contributed by atoms with Crippen LogP contribution in [0, 0.1) is 12.1 Å². The van der Waals surface area contributed by atoms with Crippen molar-refractivity contribution in [3.63, 3.8) is 0 Å². The average Bonchev–Trinajstić information content (AvgIpc) is 3.02. The van der Waals surface area contributed by atoms with Crippen molar-refractivity contribution in [1.29, 1.82) is 0 Å². The van der Waals surface area contributed by atoms with E-state index in [1.165, 1.54) is 0 Å². The minimum atomic E-state index is 0. The van der Waals surface area contributed by atoms with Crippen LogP contribution in [0.25, 0.3) is 44.8 Å². The third kappa shape index (κ3) is 5.60. The van der Waals surface area contributed by atoms with Crippen molar-refractivity contribution >= 4 is 11.6 Å². The van der Waals surface area contributed by atoms with E-state index >= 15 is 0 Å². The Hall–Kier alpha value is -4.33. The fourth-order valence-electron chi connectivity index (χ4n) is 4.63. The van der Waals surface area contributed by atoms with Crippen molar-refractivity contribution in [3.8, 4) is 44.8 Å². The van der Waals surface area contributed by atoms with E-state index in [0.717, 1.165) is 56.4 Å². The molecule has 6 rings (SSSR count). The summed E-state index contributed by atoms with van der Waals surface area (Å²) in [6.07, 6.45) is 0. The van der Waals surface area contributed by atoms with Gasteiger partial charge in [-0.3, -0.25) is 9.97 Å². The molecule has 2 aromatic heterocycles. The van der Waals surface area contributed by atoms with Crippen LogP contribution in [-0.4, -0.2) is 17.0 Å². The van der Waals surface area contributed by atoms with Crippen molar-refractivity contribution in [2.75, 3.05) is 11.9 Å². The maximum atomic E-state index is 5.02. The summed E-state index contributed by atoms with van der Waals surface area (Å²) < 4.78 is 0. The molecule has 0 amide bonds. The van der Waals surface area contributed by atoms with E-state index in [9.17, 15) is 0 Å². The van der Waals surface area contributed by atoms with Gasteiger partial charge in [-0.05, 0) is 23.5 Å². The summed E-state index contributed by atoms with van der Waals surface area (Å²) in [5, 5.41) is 0. The maximum Gasteiger partial charge on any atom is 2.00 e. The molecule has 0 atom stereocenters. The van der Waals surface area contributed by atoms with Gasteiger partial charge in [0.2, 0.25) is 0 Å². The molecular weight excluding hydrogens is 657 g/mol. The predicted molar refractivity (Wildman–Crippen MR) is 156 cm³/mol. The molecule has 0 saturated carbocycles. The molecule has 0 aliphatic heterocycles. The standard InChI is InChI=1S/C35H25N3.Pt/c1-38(34-24-12-22-32(36-34)30-20-10-8-18-28(30)26-14-4-2-5-15-26)35-25-13-23-33(37-35)31-21-11-9-19-29(31)27-16-6-3-7-17-27;/h2-19,22-25H,1H3;/q-2;+2. The van der Waals surface area contributed by atoms with Crippen molar-refractivity contribution in [1.82, 2.24) is 9.97 Å². The van der Waals surface area contributed by atoms with Gasteiger partial charge in [-0.1, -0.05) is 107 Å². The fourth-order valence-corrected chi connectivity index (χ4v) is 4.63. The molecule has 4 aromatic carbocycles. The Morgan fingerprint density at radius 1 is 0.487 bits per heavy atom. The topological polar surface area (TPSA) is 29.0 Å². The van der Waals surface area contributed by atoms with Crippen LogP contribution in [0.15, 0.2) is 133 Å². The van der Waals surface area contributed by atoms with Crippen molar-refractivity contribution in [2.24, 2.45) is 0 Å². The normalized spacial score (nSPS) is 10.5. The first-order chi connectivity index (χ1) is 18.8. The summed E-state index contributed by atoms with van der Waals surface area (Å²) in [6.45, 7) is 0. The molecule has 0 bridgehead atoms. The number of aromatic nitrogens is 2. The summed E-state index contributed by atoms with van der Waals surface area (Å²) in [5.74, 6) is 1.62. The molecule has 190 valence electrons. The average molecular weight is 683 g/mol. The van der Waals surface area contributed by atoms with Crippen LogP contribution < -0.4 is 4.90 Å². The summed E-state index contributed by atoms with van der Waals surface area (Å²) in [4.78, 5) is 12.1. The zero-order chi connectivity index (χ0) is 25.7. The number of benzene rings is 4. The Morgan fingerprint density at radius 2 is 0.923 bits per heavy atom. The zero-order valence-electron chi connectivity index (χ0n) is 21.4. The monoisotopic (exact) mass is 682 g/mol. The summed E-state index contributed by atoms with van der Waals surface area (Å²) in [5.41, 5.74) is 8.18. The van der Waals surface area contributed by atoms with E-state index in [4.69, 9.17) is 9.97 Å². The molecule has 39 heavy (non-hydrogen) atoms. The molecule has 0 unspecified atom stereocenters. The van der Waals surface area contributed by atoms with Crippen LogP contribution in [0.3, 0.4) is 0 Å². The van der Waals surface area contributed by atoms with Gasteiger partial charge in [-0.2, -0.15) is 0 Å². The third-order valence-corrected chi connectivity index (χ3v) is 6.55. The number of nitrogens with zero attached hydrogens (tertiary/aromatic N) is 3. The third-order valence-electron chi connectivity index (χ3n) is 6.55. The first-order valence-corrected chi connectivity index (χ1v) is 12.6. The molecule has 0 fully saturated rings. The van der Waals surface area contributed by atoms with Gasteiger partial charge in [-0.15, -0.1) is 59.7 Å². The van der Waals surface area contributed by atoms with E-state index in [1.807, 2.05) is 84.7 Å².